The normalized spacial score (nSPS) is 14.7. The van der Waals surface area contributed by atoms with Crippen molar-refractivity contribution in [1.29, 1.82) is 0 Å². The third kappa shape index (κ3) is 6.13. The van der Waals surface area contributed by atoms with E-state index in [0.29, 0.717) is 34.1 Å². The van der Waals surface area contributed by atoms with Crippen molar-refractivity contribution in [2.45, 2.75) is 32.7 Å². The van der Waals surface area contributed by atoms with E-state index in [2.05, 4.69) is 42.4 Å². The second kappa shape index (κ2) is 10.9. The smallest absolute Gasteiger partial charge is 0.255 e. The highest BCUT2D eigenvalue weighted by molar-refractivity contribution is 6.05. The monoisotopic (exact) mass is 525 g/mol. The van der Waals surface area contributed by atoms with Crippen molar-refractivity contribution in [3.63, 3.8) is 0 Å². The Morgan fingerprint density at radius 2 is 1.87 bits per heavy atom. The second-order valence-electron chi connectivity index (χ2n) is 10.7. The number of hydrogen-bond acceptors (Lipinski definition) is 9. The van der Waals surface area contributed by atoms with Gasteiger partial charge in [0.25, 0.3) is 5.91 Å². The summed E-state index contributed by atoms with van der Waals surface area (Å²) in [6.45, 7) is 9.62. The van der Waals surface area contributed by atoms with Crippen molar-refractivity contribution in [2.75, 3.05) is 48.8 Å². The average Bonchev–Trinajstić information content (AvgIpc) is 3.14. The SMILES string of the molecule is Cc1ccc(C(=O)Nc2cccc(C(C)(C)N)c2)cc1Nc1ncnc2cnc(N3CCCN(C)CC3)nc12. The Kier molecular flexibility index (Phi) is 7.40. The van der Waals surface area contributed by atoms with E-state index in [9.17, 15) is 4.79 Å². The van der Waals surface area contributed by atoms with Gasteiger partial charge in [0.2, 0.25) is 5.95 Å². The van der Waals surface area contributed by atoms with E-state index in [4.69, 9.17) is 10.7 Å². The molecule has 4 aromatic rings. The Hall–Kier alpha value is -4.15. The zero-order valence-corrected chi connectivity index (χ0v) is 22.9. The summed E-state index contributed by atoms with van der Waals surface area (Å²) in [5.74, 6) is 1.02. The quantitative estimate of drug-likeness (QED) is 0.342. The van der Waals surface area contributed by atoms with Crippen LogP contribution in [0.2, 0.25) is 0 Å². The Labute approximate surface area is 228 Å². The maximum atomic E-state index is 13.1. The van der Waals surface area contributed by atoms with E-state index in [1.54, 1.807) is 12.3 Å². The molecule has 0 saturated carbocycles. The number of amides is 1. The first-order valence-electron chi connectivity index (χ1n) is 13.2. The molecular weight excluding hydrogens is 490 g/mol. The first kappa shape index (κ1) is 26.5. The number of carbonyl (C=O) groups excluding carboxylic acids is 1. The number of nitrogens with zero attached hydrogens (tertiary/aromatic N) is 6. The van der Waals surface area contributed by atoms with E-state index in [1.165, 1.54) is 6.33 Å². The topological polar surface area (TPSA) is 125 Å². The highest BCUT2D eigenvalue weighted by atomic mass is 16.1. The molecule has 1 aliphatic heterocycles. The summed E-state index contributed by atoms with van der Waals surface area (Å²) in [4.78, 5) is 36.0. The Balaban J connectivity index is 1.40. The maximum Gasteiger partial charge on any atom is 0.255 e. The molecule has 2 aromatic heterocycles. The number of nitrogens with one attached hydrogen (secondary N) is 2. The van der Waals surface area contributed by atoms with Crippen molar-refractivity contribution in [3.05, 3.63) is 71.7 Å². The van der Waals surface area contributed by atoms with E-state index in [1.807, 2.05) is 57.2 Å². The number of rotatable bonds is 6. The fraction of sp³-hybridized carbons (Fsp3) is 0.345. The van der Waals surface area contributed by atoms with Crippen LogP contribution in [0.25, 0.3) is 11.0 Å². The Morgan fingerprint density at radius 3 is 2.69 bits per heavy atom. The van der Waals surface area contributed by atoms with Gasteiger partial charge < -0.3 is 26.2 Å². The van der Waals surface area contributed by atoms with Crippen LogP contribution in [-0.4, -0.2) is 64.0 Å². The van der Waals surface area contributed by atoms with Crippen LogP contribution in [0.3, 0.4) is 0 Å². The lowest BCUT2D eigenvalue weighted by Gasteiger charge is -2.21. The van der Waals surface area contributed by atoms with Gasteiger partial charge in [-0.3, -0.25) is 4.79 Å². The summed E-state index contributed by atoms with van der Waals surface area (Å²) < 4.78 is 0. The number of nitrogens with two attached hydrogens (primary N) is 1. The van der Waals surface area contributed by atoms with Crippen LogP contribution in [0.15, 0.2) is 55.0 Å². The van der Waals surface area contributed by atoms with E-state index in [0.717, 1.165) is 49.4 Å². The van der Waals surface area contributed by atoms with Crippen molar-refractivity contribution in [3.8, 4) is 0 Å². The van der Waals surface area contributed by atoms with E-state index in [-0.39, 0.29) is 5.91 Å². The van der Waals surface area contributed by atoms with Gasteiger partial charge in [0.05, 0.1) is 6.20 Å². The number of aromatic nitrogens is 4. The molecule has 39 heavy (non-hydrogen) atoms. The number of likely N-dealkylation sites (N-methyl/N-ethyl adjacent to an activating group) is 1. The lowest BCUT2D eigenvalue weighted by Crippen LogP contribution is -2.30. The van der Waals surface area contributed by atoms with Gasteiger partial charge in [0.15, 0.2) is 5.82 Å². The summed E-state index contributed by atoms with van der Waals surface area (Å²) in [6, 6.07) is 13.1. The molecule has 10 nitrogen and oxygen atoms in total. The standard InChI is InChI=1S/C29H35N9O/c1-19-9-10-20(27(39)34-22-8-5-7-21(16-22)29(2,3)30)15-23(19)35-26-25-24(32-18-33-26)17-31-28(36-25)38-12-6-11-37(4)13-14-38/h5,7-10,15-18H,6,11-14,30H2,1-4H3,(H,34,39)(H,32,33,35). The first-order valence-corrected chi connectivity index (χ1v) is 13.2. The number of carbonyl (C=O) groups is 1. The molecular formula is C29H35N9O. The van der Waals surface area contributed by atoms with Crippen molar-refractivity contribution in [1.82, 2.24) is 24.8 Å². The van der Waals surface area contributed by atoms with E-state index >= 15 is 0 Å². The zero-order valence-electron chi connectivity index (χ0n) is 22.9. The highest BCUT2D eigenvalue weighted by Gasteiger charge is 2.18. The molecule has 3 heterocycles. The lowest BCUT2D eigenvalue weighted by molar-refractivity contribution is 0.102. The third-order valence-corrected chi connectivity index (χ3v) is 6.98. The molecule has 0 aliphatic carbocycles. The molecule has 0 bridgehead atoms. The summed E-state index contributed by atoms with van der Waals surface area (Å²) in [7, 11) is 2.13. The fourth-order valence-electron chi connectivity index (χ4n) is 4.56. The molecule has 1 amide bonds. The van der Waals surface area contributed by atoms with Gasteiger partial charge in [-0.05, 0) is 76.2 Å². The van der Waals surface area contributed by atoms with Gasteiger partial charge in [-0.2, -0.15) is 0 Å². The van der Waals surface area contributed by atoms with Crippen molar-refractivity contribution in [2.24, 2.45) is 5.73 Å². The molecule has 0 unspecified atom stereocenters. The molecule has 5 rings (SSSR count). The van der Waals surface area contributed by atoms with Gasteiger partial charge in [-0.15, -0.1) is 0 Å². The van der Waals surface area contributed by atoms with Gasteiger partial charge >= 0.3 is 0 Å². The van der Waals surface area contributed by atoms with Crippen LogP contribution >= 0.6 is 0 Å². The van der Waals surface area contributed by atoms with Crippen molar-refractivity contribution < 1.29 is 4.79 Å². The van der Waals surface area contributed by atoms with Gasteiger partial charge in [0.1, 0.15) is 17.4 Å². The zero-order chi connectivity index (χ0) is 27.6. The molecule has 10 heteroatoms. The molecule has 0 atom stereocenters. The van der Waals surface area contributed by atoms with Crippen LogP contribution in [-0.2, 0) is 5.54 Å². The minimum absolute atomic E-state index is 0.215. The minimum Gasteiger partial charge on any atom is -0.339 e. The van der Waals surface area contributed by atoms with Crippen LogP contribution in [0.4, 0.5) is 23.1 Å². The molecule has 2 aromatic carbocycles. The summed E-state index contributed by atoms with van der Waals surface area (Å²) >= 11 is 0. The molecule has 0 radical (unpaired) electrons. The molecule has 1 fully saturated rings. The number of fused-ring (bicyclic) bond motifs is 1. The average molecular weight is 526 g/mol. The number of benzene rings is 2. The minimum atomic E-state index is -0.505. The van der Waals surface area contributed by atoms with Gasteiger partial charge in [-0.1, -0.05) is 18.2 Å². The largest absolute Gasteiger partial charge is 0.339 e. The Morgan fingerprint density at radius 1 is 1.03 bits per heavy atom. The third-order valence-electron chi connectivity index (χ3n) is 6.98. The van der Waals surface area contributed by atoms with Gasteiger partial charge in [-0.25, -0.2) is 19.9 Å². The van der Waals surface area contributed by atoms with Crippen molar-refractivity contribution >= 4 is 40.1 Å². The van der Waals surface area contributed by atoms with Crippen LogP contribution in [0, 0.1) is 6.92 Å². The molecule has 4 N–H and O–H groups in total. The molecule has 202 valence electrons. The molecule has 1 aliphatic rings. The lowest BCUT2D eigenvalue weighted by atomic mass is 9.95. The van der Waals surface area contributed by atoms with Gasteiger partial charge in [0, 0.05) is 42.1 Å². The Bertz CT molecular complexity index is 1500. The second-order valence-corrected chi connectivity index (χ2v) is 10.7. The number of aryl methyl sites for hydroxylation is 1. The predicted molar refractivity (Wildman–Crippen MR) is 156 cm³/mol. The number of anilines is 4. The van der Waals surface area contributed by atoms with Crippen LogP contribution < -0.4 is 21.3 Å². The molecule has 1 saturated heterocycles. The van der Waals surface area contributed by atoms with E-state index < -0.39 is 5.54 Å². The van der Waals surface area contributed by atoms with Crippen LogP contribution in [0.5, 0.6) is 0 Å². The summed E-state index contributed by atoms with van der Waals surface area (Å²) in [5, 5.41) is 6.37. The predicted octanol–water partition coefficient (Wildman–Crippen LogP) is 4.06. The maximum absolute atomic E-state index is 13.1. The molecule has 0 spiro atoms. The fourth-order valence-corrected chi connectivity index (χ4v) is 4.56. The van der Waals surface area contributed by atoms with Crippen LogP contribution in [0.1, 0.15) is 41.8 Å². The first-order chi connectivity index (χ1) is 18.7. The number of hydrogen-bond donors (Lipinski definition) is 3. The highest BCUT2D eigenvalue weighted by Crippen LogP contribution is 2.27. The summed E-state index contributed by atoms with van der Waals surface area (Å²) in [5.41, 5.74) is 10.9. The summed E-state index contributed by atoms with van der Waals surface area (Å²) in [6.07, 6.45) is 4.29.